The number of aliphatic hydroxyl groups excluding tert-OH is 1. The Bertz CT molecular complexity index is 726. The number of aliphatic hydroxyl groups is 1. The topological polar surface area (TPSA) is 20.2 Å². The van der Waals surface area contributed by atoms with Gasteiger partial charge in [-0.2, -0.15) is 0 Å². The van der Waals surface area contributed by atoms with E-state index in [1.165, 1.54) is 30.4 Å². The second-order valence-corrected chi connectivity index (χ2v) is 9.45. The van der Waals surface area contributed by atoms with Crippen molar-refractivity contribution < 1.29 is 5.11 Å². The van der Waals surface area contributed by atoms with Crippen molar-refractivity contribution in [3.05, 3.63) is 48.1 Å². The maximum atomic E-state index is 11.3. The summed E-state index contributed by atoms with van der Waals surface area (Å²) in [5, 5.41) is 11.3. The maximum Gasteiger partial charge on any atom is 0.0588 e. The largest absolute Gasteiger partial charge is 0.393 e. The Balaban J connectivity index is 0.000000660. The summed E-state index contributed by atoms with van der Waals surface area (Å²) in [6, 6.07) is 0. The molecule has 7 unspecified atom stereocenters. The van der Waals surface area contributed by atoms with Crippen LogP contribution in [0.25, 0.3) is 0 Å². The number of rotatable bonds is 1. The number of hydrogen-bond acceptors (Lipinski definition) is 1. The highest BCUT2D eigenvalue weighted by Gasteiger charge is 2.61. The molecule has 3 fully saturated rings. The van der Waals surface area contributed by atoms with Gasteiger partial charge in [0.2, 0.25) is 0 Å². The van der Waals surface area contributed by atoms with Crippen LogP contribution in [0.3, 0.4) is 0 Å². The Hall–Kier alpha value is -1.96. The maximum absolute atomic E-state index is 11.3. The monoisotopic (exact) mass is 376 g/mol. The predicted octanol–water partition coefficient (Wildman–Crippen LogP) is 5.94. The van der Waals surface area contributed by atoms with Crippen molar-refractivity contribution in [2.45, 2.75) is 59.0 Å². The van der Waals surface area contributed by atoms with Crippen LogP contribution in [-0.4, -0.2) is 11.2 Å². The molecule has 0 saturated heterocycles. The van der Waals surface area contributed by atoms with Crippen molar-refractivity contribution in [2.75, 3.05) is 0 Å². The summed E-state index contributed by atoms with van der Waals surface area (Å²) in [4.78, 5) is 0. The first-order valence-electron chi connectivity index (χ1n) is 10.4. The normalized spacial score (nSPS) is 42.9. The van der Waals surface area contributed by atoms with Crippen molar-refractivity contribution >= 4 is 0 Å². The fraction of sp³-hybridized carbons (Fsp3) is 0.556. The van der Waals surface area contributed by atoms with E-state index in [2.05, 4.69) is 77.9 Å². The van der Waals surface area contributed by atoms with Gasteiger partial charge in [0.15, 0.2) is 0 Å². The predicted molar refractivity (Wildman–Crippen MR) is 120 cm³/mol. The minimum Gasteiger partial charge on any atom is -0.393 e. The fourth-order valence-corrected chi connectivity index (χ4v) is 7.21. The summed E-state index contributed by atoms with van der Waals surface area (Å²) in [5.74, 6) is 2.33. The highest BCUT2D eigenvalue weighted by Crippen LogP contribution is 2.66. The van der Waals surface area contributed by atoms with Crippen LogP contribution >= 0.6 is 0 Å². The second kappa shape index (κ2) is 8.19. The van der Waals surface area contributed by atoms with Crippen molar-refractivity contribution in [2.24, 2.45) is 34.5 Å². The summed E-state index contributed by atoms with van der Waals surface area (Å²) in [6.07, 6.45) is 28.5. The van der Waals surface area contributed by atoms with Crippen LogP contribution in [0, 0.1) is 60.2 Å². The molecule has 4 aliphatic rings. The zero-order chi connectivity index (χ0) is 21.3. The van der Waals surface area contributed by atoms with E-state index in [1.54, 1.807) is 0 Å². The van der Waals surface area contributed by atoms with Gasteiger partial charge in [-0.05, 0) is 67.8 Å². The van der Waals surface area contributed by atoms with Gasteiger partial charge in [0.1, 0.15) is 0 Å². The van der Waals surface area contributed by atoms with Gasteiger partial charge in [-0.25, -0.2) is 0 Å². The minimum atomic E-state index is -0.207. The third-order valence-electron chi connectivity index (χ3n) is 8.18. The minimum absolute atomic E-state index is 0.0200. The average Bonchev–Trinajstić information content (AvgIpc) is 3.02. The van der Waals surface area contributed by atoms with E-state index in [9.17, 15) is 5.11 Å². The first kappa shape index (κ1) is 22.3. The number of fused-ring (bicyclic) bond motifs is 5. The van der Waals surface area contributed by atoms with Gasteiger partial charge in [-0.15, -0.1) is 25.7 Å². The zero-order valence-corrected chi connectivity index (χ0v) is 17.8. The lowest BCUT2D eigenvalue weighted by Gasteiger charge is -2.59. The zero-order valence-electron chi connectivity index (χ0n) is 17.8. The van der Waals surface area contributed by atoms with Crippen molar-refractivity contribution in [3.8, 4) is 25.7 Å². The summed E-state index contributed by atoms with van der Waals surface area (Å²) < 4.78 is 0. The van der Waals surface area contributed by atoms with Gasteiger partial charge in [0, 0.05) is 11.3 Å². The summed E-state index contributed by atoms with van der Waals surface area (Å²) in [6.45, 7) is 15.4. The van der Waals surface area contributed by atoms with Crippen LogP contribution in [0.5, 0.6) is 0 Å². The quantitative estimate of drug-likeness (QED) is 0.443. The summed E-state index contributed by atoms with van der Waals surface area (Å²) in [7, 11) is 0. The van der Waals surface area contributed by atoms with Crippen LogP contribution in [-0.2, 0) is 0 Å². The van der Waals surface area contributed by atoms with Gasteiger partial charge < -0.3 is 5.11 Å². The van der Waals surface area contributed by atoms with E-state index in [0.717, 1.165) is 24.3 Å². The van der Waals surface area contributed by atoms with Crippen molar-refractivity contribution in [3.63, 3.8) is 0 Å². The van der Waals surface area contributed by atoms with Crippen LogP contribution < -0.4 is 0 Å². The smallest absolute Gasteiger partial charge is 0.0588 e. The first-order chi connectivity index (χ1) is 13.3. The molecule has 0 aliphatic heterocycles. The molecule has 1 N–H and O–H groups in total. The third-order valence-corrected chi connectivity index (χ3v) is 8.18. The second-order valence-electron chi connectivity index (χ2n) is 9.45. The molecule has 0 spiro atoms. The molecular weight excluding hydrogens is 340 g/mol. The van der Waals surface area contributed by atoms with Crippen LogP contribution in [0.4, 0.5) is 0 Å². The van der Waals surface area contributed by atoms with Crippen molar-refractivity contribution in [1.29, 1.82) is 0 Å². The molecule has 0 aromatic heterocycles. The lowest BCUT2D eigenvalue weighted by atomic mass is 9.46. The molecule has 4 rings (SSSR count). The van der Waals surface area contributed by atoms with Gasteiger partial charge in [-0.3, -0.25) is 0 Å². The van der Waals surface area contributed by atoms with E-state index in [0.29, 0.717) is 17.8 Å². The molecule has 0 bridgehead atoms. The molecule has 1 nitrogen and oxygen atoms in total. The summed E-state index contributed by atoms with van der Waals surface area (Å²) in [5.41, 5.74) is 4.19. The average molecular weight is 377 g/mol. The molecule has 0 heterocycles. The molecule has 3 saturated carbocycles. The molecule has 0 radical (unpaired) electrons. The highest BCUT2D eigenvalue weighted by atomic mass is 16.3. The number of hydrogen-bond donors (Lipinski definition) is 1. The SMILES string of the molecule is C#C.C#C.C=C1C=CC2(C)C(=C1)CCC1C2C(O)CC2(C)C(C(=C)C)CCC12. The molecule has 0 aromatic carbocycles. The van der Waals surface area contributed by atoms with Crippen LogP contribution in [0.1, 0.15) is 52.9 Å². The molecule has 150 valence electrons. The fourth-order valence-electron chi connectivity index (χ4n) is 7.21. The molecule has 28 heavy (non-hydrogen) atoms. The Morgan fingerprint density at radius 2 is 1.79 bits per heavy atom. The van der Waals surface area contributed by atoms with E-state index >= 15 is 0 Å². The Kier molecular flexibility index (Phi) is 6.53. The van der Waals surface area contributed by atoms with E-state index < -0.39 is 0 Å². The molecule has 7 atom stereocenters. The van der Waals surface area contributed by atoms with E-state index in [4.69, 9.17) is 0 Å². The van der Waals surface area contributed by atoms with Gasteiger partial charge in [0.25, 0.3) is 0 Å². The Labute approximate surface area is 172 Å². The molecule has 4 aliphatic carbocycles. The van der Waals surface area contributed by atoms with Gasteiger partial charge >= 0.3 is 0 Å². The van der Waals surface area contributed by atoms with Crippen LogP contribution in [0.2, 0.25) is 0 Å². The van der Waals surface area contributed by atoms with Gasteiger partial charge in [0.05, 0.1) is 6.10 Å². The van der Waals surface area contributed by atoms with Crippen molar-refractivity contribution in [1.82, 2.24) is 0 Å². The van der Waals surface area contributed by atoms with E-state index in [-0.39, 0.29) is 16.9 Å². The Morgan fingerprint density at radius 1 is 1.14 bits per heavy atom. The number of allylic oxidation sites excluding steroid dienone is 6. The number of terminal acetylenes is 2. The lowest BCUT2D eigenvalue weighted by Crippen LogP contribution is -2.55. The first-order valence-corrected chi connectivity index (χ1v) is 10.4. The summed E-state index contributed by atoms with van der Waals surface area (Å²) >= 11 is 0. The molecular formula is C27H36O. The van der Waals surface area contributed by atoms with Crippen LogP contribution in [0.15, 0.2) is 48.1 Å². The molecule has 1 heteroatoms. The molecule has 0 aromatic rings. The highest BCUT2D eigenvalue weighted by molar-refractivity contribution is 5.43. The van der Waals surface area contributed by atoms with Gasteiger partial charge in [-0.1, -0.05) is 56.4 Å². The Morgan fingerprint density at radius 3 is 2.39 bits per heavy atom. The third kappa shape index (κ3) is 3.21. The van der Waals surface area contributed by atoms with E-state index in [1.807, 2.05) is 0 Å². The molecule has 0 amide bonds. The lowest BCUT2D eigenvalue weighted by molar-refractivity contribution is -0.111. The standard InChI is InChI=1S/C23H32O.2C2H2/c1-14(2)18-8-9-19-17-7-6-16-12-15(3)10-11-22(16,4)21(17)20(24)13-23(18,19)5;2*1-2/h10-12,17-21,24H,1,3,6-9,13H2,2,4-5H3;2*1-2H.